The standard InChI is InChI=1S/C15H29NO/c1-6-8-13(3)14(17)15(16(4)5)10-7-9-12(2)11-15/h12-13H,6-11H2,1-5H3. The zero-order valence-electron chi connectivity index (χ0n) is 12.3. The van der Waals surface area contributed by atoms with Gasteiger partial charge in [0, 0.05) is 5.92 Å². The molecule has 1 fully saturated rings. The lowest BCUT2D eigenvalue weighted by Crippen LogP contribution is -2.55. The van der Waals surface area contributed by atoms with Gasteiger partial charge in [0.15, 0.2) is 5.78 Å². The van der Waals surface area contributed by atoms with Crippen molar-refractivity contribution < 1.29 is 4.79 Å². The van der Waals surface area contributed by atoms with Crippen LogP contribution in [0.3, 0.4) is 0 Å². The van der Waals surface area contributed by atoms with Crippen LogP contribution in [0.15, 0.2) is 0 Å². The summed E-state index contributed by atoms with van der Waals surface area (Å²) in [6, 6.07) is 0. The highest BCUT2D eigenvalue weighted by molar-refractivity contribution is 5.90. The number of nitrogens with zero attached hydrogens (tertiary/aromatic N) is 1. The molecule has 0 amide bonds. The molecular weight excluding hydrogens is 210 g/mol. The maximum atomic E-state index is 12.8. The molecule has 0 aromatic heterocycles. The molecule has 100 valence electrons. The van der Waals surface area contributed by atoms with Crippen molar-refractivity contribution in [2.75, 3.05) is 14.1 Å². The molecule has 0 aromatic carbocycles. The second kappa shape index (κ2) is 5.99. The molecule has 0 spiro atoms. The minimum Gasteiger partial charge on any atom is -0.297 e. The lowest BCUT2D eigenvalue weighted by Gasteiger charge is -2.45. The van der Waals surface area contributed by atoms with Gasteiger partial charge in [0.1, 0.15) is 0 Å². The third kappa shape index (κ3) is 3.09. The highest BCUT2D eigenvalue weighted by Gasteiger charge is 2.44. The quantitative estimate of drug-likeness (QED) is 0.732. The molecular formula is C15H29NO. The van der Waals surface area contributed by atoms with Crippen LogP contribution in [0.4, 0.5) is 0 Å². The zero-order chi connectivity index (χ0) is 13.1. The maximum absolute atomic E-state index is 12.8. The van der Waals surface area contributed by atoms with Crippen molar-refractivity contribution >= 4 is 5.78 Å². The van der Waals surface area contributed by atoms with E-state index in [2.05, 4.69) is 39.8 Å². The van der Waals surface area contributed by atoms with Crippen molar-refractivity contribution in [3.8, 4) is 0 Å². The van der Waals surface area contributed by atoms with Crippen LogP contribution in [0.1, 0.15) is 59.3 Å². The Hall–Kier alpha value is -0.370. The van der Waals surface area contributed by atoms with Gasteiger partial charge in [-0.15, -0.1) is 0 Å². The summed E-state index contributed by atoms with van der Waals surface area (Å²) in [4.78, 5) is 14.9. The van der Waals surface area contributed by atoms with Crippen LogP contribution in [-0.2, 0) is 4.79 Å². The van der Waals surface area contributed by atoms with Gasteiger partial charge in [0.05, 0.1) is 5.54 Å². The monoisotopic (exact) mass is 239 g/mol. The lowest BCUT2D eigenvalue weighted by molar-refractivity contribution is -0.136. The summed E-state index contributed by atoms with van der Waals surface area (Å²) < 4.78 is 0. The molecule has 1 rings (SSSR count). The molecule has 0 N–H and O–H groups in total. The smallest absolute Gasteiger partial charge is 0.155 e. The number of carbonyl (C=O) groups excluding carboxylic acids is 1. The van der Waals surface area contributed by atoms with Gasteiger partial charge in [-0.05, 0) is 39.3 Å². The molecule has 1 saturated carbocycles. The minimum atomic E-state index is -0.174. The van der Waals surface area contributed by atoms with Crippen molar-refractivity contribution in [1.82, 2.24) is 4.90 Å². The lowest BCUT2D eigenvalue weighted by atomic mass is 9.70. The Kier molecular flexibility index (Phi) is 5.18. The van der Waals surface area contributed by atoms with Gasteiger partial charge in [0.25, 0.3) is 0 Å². The van der Waals surface area contributed by atoms with E-state index < -0.39 is 0 Å². The van der Waals surface area contributed by atoms with Gasteiger partial charge >= 0.3 is 0 Å². The minimum absolute atomic E-state index is 0.174. The van der Waals surface area contributed by atoms with Gasteiger partial charge < -0.3 is 0 Å². The summed E-state index contributed by atoms with van der Waals surface area (Å²) in [7, 11) is 4.16. The number of ketones is 1. The van der Waals surface area contributed by atoms with Gasteiger partial charge in [-0.2, -0.15) is 0 Å². The molecule has 0 aliphatic heterocycles. The highest BCUT2D eigenvalue weighted by Crippen LogP contribution is 2.38. The molecule has 1 aliphatic carbocycles. The fourth-order valence-electron chi connectivity index (χ4n) is 3.40. The van der Waals surface area contributed by atoms with Crippen LogP contribution >= 0.6 is 0 Å². The normalized spacial score (nSPS) is 31.5. The summed E-state index contributed by atoms with van der Waals surface area (Å²) in [6.45, 7) is 6.56. The molecule has 0 aromatic rings. The molecule has 0 heterocycles. The molecule has 1 aliphatic rings. The number of hydrogen-bond acceptors (Lipinski definition) is 2. The Balaban J connectivity index is 2.87. The van der Waals surface area contributed by atoms with E-state index in [1.807, 2.05) is 0 Å². The van der Waals surface area contributed by atoms with Crippen LogP contribution in [0.2, 0.25) is 0 Å². The van der Waals surface area contributed by atoms with Gasteiger partial charge in [-0.1, -0.05) is 40.0 Å². The van der Waals surface area contributed by atoms with Crippen molar-refractivity contribution in [1.29, 1.82) is 0 Å². The Bertz CT molecular complexity index is 262. The maximum Gasteiger partial charge on any atom is 0.155 e. The first-order valence-corrected chi connectivity index (χ1v) is 7.15. The van der Waals surface area contributed by atoms with E-state index >= 15 is 0 Å². The SMILES string of the molecule is CCCC(C)C(=O)C1(N(C)C)CCCC(C)C1. The van der Waals surface area contributed by atoms with Crippen molar-refractivity contribution in [3.05, 3.63) is 0 Å². The Morgan fingerprint density at radius 1 is 1.47 bits per heavy atom. The topological polar surface area (TPSA) is 20.3 Å². The van der Waals surface area contributed by atoms with Crippen LogP contribution in [0.25, 0.3) is 0 Å². The zero-order valence-corrected chi connectivity index (χ0v) is 12.3. The van der Waals surface area contributed by atoms with E-state index in [9.17, 15) is 4.79 Å². The van der Waals surface area contributed by atoms with Crippen LogP contribution < -0.4 is 0 Å². The third-order valence-corrected chi connectivity index (χ3v) is 4.46. The molecule has 0 radical (unpaired) electrons. The van der Waals surface area contributed by atoms with Crippen molar-refractivity contribution in [2.45, 2.75) is 64.8 Å². The molecule has 17 heavy (non-hydrogen) atoms. The fourth-order valence-corrected chi connectivity index (χ4v) is 3.40. The van der Waals surface area contributed by atoms with E-state index in [0.717, 1.165) is 25.7 Å². The molecule has 3 unspecified atom stereocenters. The fraction of sp³-hybridized carbons (Fsp3) is 0.933. The largest absolute Gasteiger partial charge is 0.297 e. The average Bonchev–Trinajstić information content (AvgIpc) is 2.28. The van der Waals surface area contributed by atoms with Crippen LogP contribution in [-0.4, -0.2) is 30.3 Å². The van der Waals surface area contributed by atoms with E-state index in [1.165, 1.54) is 12.8 Å². The first kappa shape index (κ1) is 14.7. The summed E-state index contributed by atoms with van der Waals surface area (Å²) in [5, 5.41) is 0. The van der Waals surface area contributed by atoms with Gasteiger partial charge in [-0.25, -0.2) is 0 Å². The number of hydrogen-bond donors (Lipinski definition) is 0. The van der Waals surface area contributed by atoms with Crippen LogP contribution in [0, 0.1) is 11.8 Å². The number of Topliss-reactive ketones (excluding diaryl/α,β-unsaturated/α-hetero) is 1. The van der Waals surface area contributed by atoms with E-state index in [0.29, 0.717) is 11.7 Å². The number of carbonyl (C=O) groups is 1. The highest BCUT2D eigenvalue weighted by atomic mass is 16.1. The molecule has 2 heteroatoms. The predicted octanol–water partition coefficient (Wildman–Crippen LogP) is 3.50. The van der Waals surface area contributed by atoms with E-state index in [1.54, 1.807) is 0 Å². The molecule has 2 nitrogen and oxygen atoms in total. The summed E-state index contributed by atoms with van der Waals surface area (Å²) in [5.74, 6) is 1.38. The van der Waals surface area contributed by atoms with Crippen molar-refractivity contribution in [2.24, 2.45) is 11.8 Å². The van der Waals surface area contributed by atoms with Gasteiger partial charge in [0.2, 0.25) is 0 Å². The second-order valence-corrected chi connectivity index (χ2v) is 6.18. The first-order chi connectivity index (χ1) is 7.94. The Morgan fingerprint density at radius 3 is 2.59 bits per heavy atom. The van der Waals surface area contributed by atoms with E-state index in [4.69, 9.17) is 0 Å². The third-order valence-electron chi connectivity index (χ3n) is 4.46. The Morgan fingerprint density at radius 2 is 2.12 bits per heavy atom. The summed E-state index contributed by atoms with van der Waals surface area (Å²) in [6.07, 6.45) is 6.72. The van der Waals surface area contributed by atoms with Gasteiger partial charge in [-0.3, -0.25) is 9.69 Å². The molecule has 3 atom stereocenters. The average molecular weight is 239 g/mol. The summed E-state index contributed by atoms with van der Waals surface area (Å²) >= 11 is 0. The number of rotatable bonds is 5. The summed E-state index contributed by atoms with van der Waals surface area (Å²) in [5.41, 5.74) is -0.174. The molecule has 0 bridgehead atoms. The van der Waals surface area contributed by atoms with Crippen molar-refractivity contribution in [3.63, 3.8) is 0 Å². The number of likely N-dealkylation sites (N-methyl/N-ethyl adjacent to an activating group) is 1. The second-order valence-electron chi connectivity index (χ2n) is 6.18. The first-order valence-electron chi connectivity index (χ1n) is 7.15. The molecule has 0 saturated heterocycles. The Labute approximate surface area is 107 Å². The predicted molar refractivity (Wildman–Crippen MR) is 73.1 cm³/mol. The van der Waals surface area contributed by atoms with E-state index in [-0.39, 0.29) is 11.5 Å². The van der Waals surface area contributed by atoms with Crippen LogP contribution in [0.5, 0.6) is 0 Å².